The Morgan fingerprint density at radius 3 is 2.44 bits per heavy atom. The minimum absolute atomic E-state index is 0.0998. The number of amides is 2. The zero-order chi connectivity index (χ0) is 13.1. The molecule has 0 fully saturated rings. The predicted octanol–water partition coefficient (Wildman–Crippen LogP) is 3.11. The highest BCUT2D eigenvalue weighted by molar-refractivity contribution is 7.20. The third kappa shape index (κ3) is 2.57. The maximum absolute atomic E-state index is 11.5. The van der Waals surface area contributed by atoms with Crippen LogP contribution in [0.1, 0.15) is 17.3 Å². The van der Waals surface area contributed by atoms with Crippen molar-refractivity contribution in [2.45, 2.75) is 6.92 Å². The largest absolute Gasteiger partial charge is 0.351 e. The summed E-state index contributed by atoms with van der Waals surface area (Å²) in [5.41, 5.74) is 6.57. The molecule has 18 heavy (non-hydrogen) atoms. The Balaban J connectivity index is 2.45. The molecular formula is C13H12N2O2S. The summed E-state index contributed by atoms with van der Waals surface area (Å²) < 4.78 is 0. The molecule has 0 radical (unpaired) electrons. The quantitative estimate of drug-likeness (QED) is 0.832. The lowest BCUT2D eigenvalue weighted by molar-refractivity contribution is 0.101. The molecule has 0 saturated carbocycles. The Bertz CT molecular complexity index is 590. The molecule has 2 rings (SSSR count). The van der Waals surface area contributed by atoms with E-state index >= 15 is 0 Å². The van der Waals surface area contributed by atoms with E-state index in [1.807, 2.05) is 30.3 Å². The van der Waals surface area contributed by atoms with Gasteiger partial charge in [-0.25, -0.2) is 4.79 Å². The smallest absolute Gasteiger partial charge is 0.317 e. The van der Waals surface area contributed by atoms with Crippen LogP contribution in [0.3, 0.4) is 0 Å². The van der Waals surface area contributed by atoms with Gasteiger partial charge in [-0.15, -0.1) is 11.3 Å². The van der Waals surface area contributed by atoms with Crippen LogP contribution in [0.5, 0.6) is 0 Å². The zero-order valence-corrected chi connectivity index (χ0v) is 10.6. The van der Waals surface area contributed by atoms with Crippen molar-refractivity contribution in [3.63, 3.8) is 0 Å². The lowest BCUT2D eigenvalue weighted by Gasteiger charge is -1.99. The molecule has 1 aromatic heterocycles. The molecule has 1 aromatic carbocycles. The molecule has 0 unspecified atom stereocenters. The van der Waals surface area contributed by atoms with Gasteiger partial charge in [-0.2, -0.15) is 0 Å². The minimum atomic E-state index is -0.668. The molecule has 1 heterocycles. The Kier molecular flexibility index (Phi) is 3.43. The fourth-order valence-corrected chi connectivity index (χ4v) is 2.72. The number of Topliss-reactive ketones (excluding diaryl/α,β-unsaturated/α-hetero) is 1. The molecule has 3 N–H and O–H groups in total. The molecule has 0 atom stereocenters. The number of carbonyl (C=O) groups is 2. The van der Waals surface area contributed by atoms with Gasteiger partial charge in [-0.1, -0.05) is 30.3 Å². The van der Waals surface area contributed by atoms with Crippen molar-refractivity contribution in [1.29, 1.82) is 0 Å². The average Bonchev–Trinajstić information content (AvgIpc) is 2.73. The Morgan fingerprint density at radius 2 is 1.89 bits per heavy atom. The number of anilines is 1. The van der Waals surface area contributed by atoms with Crippen LogP contribution in [0.2, 0.25) is 0 Å². The van der Waals surface area contributed by atoms with Gasteiger partial charge >= 0.3 is 6.03 Å². The fourth-order valence-electron chi connectivity index (χ4n) is 1.60. The van der Waals surface area contributed by atoms with E-state index in [9.17, 15) is 9.59 Å². The molecule has 0 saturated heterocycles. The number of benzene rings is 1. The summed E-state index contributed by atoms with van der Waals surface area (Å²) in [6.07, 6.45) is 0. The van der Waals surface area contributed by atoms with E-state index in [1.165, 1.54) is 18.3 Å². The third-order valence-corrected chi connectivity index (χ3v) is 3.51. The summed E-state index contributed by atoms with van der Waals surface area (Å²) in [5, 5.41) is 2.98. The Labute approximate surface area is 108 Å². The molecule has 4 nitrogen and oxygen atoms in total. The first-order valence-corrected chi connectivity index (χ1v) is 6.16. The van der Waals surface area contributed by atoms with E-state index in [0.29, 0.717) is 10.6 Å². The maximum atomic E-state index is 11.5. The summed E-state index contributed by atoms with van der Waals surface area (Å²) in [7, 11) is 0. The van der Waals surface area contributed by atoms with Gasteiger partial charge in [0.25, 0.3) is 0 Å². The number of thiophene rings is 1. The highest BCUT2D eigenvalue weighted by Gasteiger charge is 2.14. The Morgan fingerprint density at radius 1 is 1.22 bits per heavy atom. The van der Waals surface area contributed by atoms with Gasteiger partial charge in [-0.05, 0) is 18.6 Å². The summed E-state index contributed by atoms with van der Waals surface area (Å²) in [6.45, 7) is 1.46. The van der Waals surface area contributed by atoms with Gasteiger partial charge in [0.1, 0.15) is 5.00 Å². The number of urea groups is 1. The lowest BCUT2D eigenvalue weighted by atomic mass is 10.1. The van der Waals surface area contributed by atoms with Gasteiger partial charge in [0.2, 0.25) is 0 Å². The molecule has 0 aliphatic carbocycles. The number of rotatable bonds is 3. The van der Waals surface area contributed by atoms with Gasteiger partial charge in [-0.3, -0.25) is 10.1 Å². The number of carbonyl (C=O) groups excluding carboxylic acids is 2. The SMILES string of the molecule is CC(=O)c1cc(-c2ccccc2)sc1NC(N)=O. The monoisotopic (exact) mass is 260 g/mol. The Hall–Kier alpha value is -2.14. The first-order chi connectivity index (χ1) is 8.58. The fraction of sp³-hybridized carbons (Fsp3) is 0.0769. The summed E-state index contributed by atoms with van der Waals surface area (Å²) in [4.78, 5) is 23.3. The lowest BCUT2D eigenvalue weighted by Crippen LogP contribution is -2.19. The maximum Gasteiger partial charge on any atom is 0.317 e. The number of nitrogens with one attached hydrogen (secondary N) is 1. The van der Waals surface area contributed by atoms with Crippen molar-refractivity contribution in [1.82, 2.24) is 0 Å². The van der Waals surface area contributed by atoms with Crippen molar-refractivity contribution in [2.24, 2.45) is 5.73 Å². The summed E-state index contributed by atoms with van der Waals surface area (Å²) in [5.74, 6) is -0.0998. The van der Waals surface area contributed by atoms with Crippen LogP contribution < -0.4 is 11.1 Å². The first-order valence-electron chi connectivity index (χ1n) is 5.34. The molecule has 2 aromatic rings. The minimum Gasteiger partial charge on any atom is -0.351 e. The van der Waals surface area contributed by atoms with Crippen LogP contribution in [-0.4, -0.2) is 11.8 Å². The van der Waals surface area contributed by atoms with Crippen LogP contribution in [-0.2, 0) is 0 Å². The summed E-state index contributed by atoms with van der Waals surface area (Å²) >= 11 is 1.34. The van der Waals surface area contributed by atoms with E-state index in [4.69, 9.17) is 5.73 Å². The number of ketones is 1. The van der Waals surface area contributed by atoms with Crippen LogP contribution in [0.25, 0.3) is 10.4 Å². The number of nitrogens with two attached hydrogens (primary N) is 1. The van der Waals surface area contributed by atoms with E-state index in [2.05, 4.69) is 5.32 Å². The zero-order valence-electron chi connectivity index (χ0n) is 9.77. The first kappa shape index (κ1) is 12.3. The second-order valence-electron chi connectivity index (χ2n) is 3.76. The second-order valence-corrected chi connectivity index (χ2v) is 4.82. The van der Waals surface area contributed by atoms with Crippen molar-refractivity contribution in [3.05, 3.63) is 42.0 Å². The molecule has 5 heteroatoms. The number of primary amides is 1. The summed E-state index contributed by atoms with van der Waals surface area (Å²) in [6, 6.07) is 10.8. The van der Waals surface area contributed by atoms with Gasteiger partial charge < -0.3 is 5.73 Å². The van der Waals surface area contributed by atoms with Crippen LogP contribution in [0, 0.1) is 0 Å². The van der Waals surface area contributed by atoms with Gasteiger partial charge in [0, 0.05) is 4.88 Å². The molecular weight excluding hydrogens is 248 g/mol. The highest BCUT2D eigenvalue weighted by Crippen LogP contribution is 2.35. The highest BCUT2D eigenvalue weighted by atomic mass is 32.1. The van der Waals surface area contributed by atoms with E-state index < -0.39 is 6.03 Å². The molecule has 0 bridgehead atoms. The molecule has 92 valence electrons. The standard InChI is InChI=1S/C13H12N2O2S/c1-8(16)10-7-11(9-5-3-2-4-6-9)18-12(10)15-13(14)17/h2-7H,1H3,(H3,14,15,17). The van der Waals surface area contributed by atoms with Crippen LogP contribution in [0.4, 0.5) is 9.80 Å². The van der Waals surface area contributed by atoms with Crippen molar-refractivity contribution < 1.29 is 9.59 Å². The average molecular weight is 260 g/mol. The third-order valence-electron chi connectivity index (χ3n) is 2.41. The van der Waals surface area contributed by atoms with E-state index in [1.54, 1.807) is 6.07 Å². The predicted molar refractivity (Wildman–Crippen MR) is 73.0 cm³/mol. The van der Waals surface area contributed by atoms with Crippen LogP contribution in [0.15, 0.2) is 36.4 Å². The van der Waals surface area contributed by atoms with E-state index in [0.717, 1.165) is 10.4 Å². The number of hydrogen-bond acceptors (Lipinski definition) is 3. The number of hydrogen-bond donors (Lipinski definition) is 2. The topological polar surface area (TPSA) is 72.2 Å². The molecule has 0 spiro atoms. The van der Waals surface area contributed by atoms with Crippen molar-refractivity contribution in [3.8, 4) is 10.4 Å². The van der Waals surface area contributed by atoms with Gasteiger partial charge in [0.15, 0.2) is 5.78 Å². The molecule has 0 aliphatic heterocycles. The van der Waals surface area contributed by atoms with Crippen molar-refractivity contribution >= 4 is 28.2 Å². The molecule has 0 aliphatic rings. The van der Waals surface area contributed by atoms with Crippen molar-refractivity contribution in [2.75, 3.05) is 5.32 Å². The second kappa shape index (κ2) is 5.01. The van der Waals surface area contributed by atoms with Gasteiger partial charge in [0.05, 0.1) is 5.56 Å². The molecule has 2 amide bonds. The normalized spacial score (nSPS) is 10.1. The van der Waals surface area contributed by atoms with Crippen LogP contribution >= 0.6 is 11.3 Å². The van der Waals surface area contributed by atoms with E-state index in [-0.39, 0.29) is 5.78 Å².